The molecule has 1 amide bonds. The minimum atomic E-state index is -0.431. The number of hydrogen-bond acceptors (Lipinski definition) is 5. The van der Waals surface area contributed by atoms with Gasteiger partial charge < -0.3 is 9.64 Å². The van der Waals surface area contributed by atoms with E-state index in [1.807, 2.05) is 72.5 Å². The van der Waals surface area contributed by atoms with Crippen molar-refractivity contribution in [3.63, 3.8) is 0 Å². The van der Waals surface area contributed by atoms with Crippen LogP contribution in [0.3, 0.4) is 0 Å². The molecular formula is C24H26N2O3S. The highest BCUT2D eigenvalue weighted by molar-refractivity contribution is 7.09. The van der Waals surface area contributed by atoms with Crippen LogP contribution < -0.4 is 0 Å². The topological polar surface area (TPSA) is 59.5 Å². The summed E-state index contributed by atoms with van der Waals surface area (Å²) in [5.74, 6) is -0.787. The van der Waals surface area contributed by atoms with Gasteiger partial charge in [-0.05, 0) is 24.5 Å². The van der Waals surface area contributed by atoms with Crippen molar-refractivity contribution in [2.75, 3.05) is 13.2 Å². The van der Waals surface area contributed by atoms with Gasteiger partial charge in [0.15, 0.2) is 5.69 Å². The molecule has 0 aliphatic carbocycles. The molecule has 30 heavy (non-hydrogen) atoms. The van der Waals surface area contributed by atoms with Crippen molar-refractivity contribution in [1.29, 1.82) is 0 Å². The van der Waals surface area contributed by atoms with Gasteiger partial charge in [0.2, 0.25) is 5.91 Å². The molecule has 0 saturated heterocycles. The molecule has 5 nitrogen and oxygen atoms in total. The largest absolute Gasteiger partial charge is 0.461 e. The van der Waals surface area contributed by atoms with Crippen LogP contribution in [-0.4, -0.2) is 34.9 Å². The van der Waals surface area contributed by atoms with Crippen LogP contribution in [0.1, 0.15) is 52.8 Å². The van der Waals surface area contributed by atoms with Gasteiger partial charge >= 0.3 is 5.97 Å². The Morgan fingerprint density at radius 3 is 2.13 bits per heavy atom. The second-order valence-electron chi connectivity index (χ2n) is 6.86. The third-order valence-electron chi connectivity index (χ3n) is 4.68. The maximum atomic E-state index is 13.7. The number of ether oxygens (including phenoxy) is 1. The number of nitrogens with zero attached hydrogens (tertiary/aromatic N) is 2. The van der Waals surface area contributed by atoms with E-state index < -0.39 is 5.97 Å². The van der Waals surface area contributed by atoms with Crippen molar-refractivity contribution in [1.82, 2.24) is 9.88 Å². The first-order chi connectivity index (χ1) is 14.6. The van der Waals surface area contributed by atoms with Gasteiger partial charge in [-0.15, -0.1) is 11.3 Å². The summed E-state index contributed by atoms with van der Waals surface area (Å²) in [6.07, 6.45) is 0.831. The smallest absolute Gasteiger partial charge is 0.357 e. The molecule has 0 spiro atoms. The van der Waals surface area contributed by atoms with Crippen molar-refractivity contribution >= 4 is 23.2 Å². The summed E-state index contributed by atoms with van der Waals surface area (Å²) in [6.45, 7) is 5.10. The van der Waals surface area contributed by atoms with Crippen molar-refractivity contribution in [2.45, 2.75) is 32.7 Å². The standard InChI is InChI=1S/C24H26N2O3S/c1-3-15-26(16-21-25-20(17-30-21)24(28)29-4-2)23(27)22(18-11-7-5-8-12-18)19-13-9-6-10-14-19/h5-14,17,22H,3-4,15-16H2,1-2H3. The molecule has 0 fully saturated rings. The molecule has 156 valence electrons. The first-order valence-electron chi connectivity index (χ1n) is 10.1. The quantitative estimate of drug-likeness (QED) is 0.461. The van der Waals surface area contributed by atoms with E-state index in [-0.39, 0.29) is 11.8 Å². The molecule has 3 rings (SSSR count). The lowest BCUT2D eigenvalue weighted by Gasteiger charge is -2.27. The predicted molar refractivity (Wildman–Crippen MR) is 119 cm³/mol. The van der Waals surface area contributed by atoms with Crippen LogP contribution in [0.5, 0.6) is 0 Å². The van der Waals surface area contributed by atoms with Gasteiger partial charge in [0.1, 0.15) is 5.01 Å². The van der Waals surface area contributed by atoms with Crippen LogP contribution in [0.4, 0.5) is 0 Å². The molecule has 0 aliphatic rings. The van der Waals surface area contributed by atoms with Crippen LogP contribution in [0, 0.1) is 0 Å². The van der Waals surface area contributed by atoms with Crippen LogP contribution in [-0.2, 0) is 16.1 Å². The van der Waals surface area contributed by atoms with Gasteiger partial charge in [0.25, 0.3) is 0 Å². The number of esters is 1. The number of carbonyl (C=O) groups is 2. The molecular weight excluding hydrogens is 396 g/mol. The van der Waals surface area contributed by atoms with Crippen LogP contribution >= 0.6 is 11.3 Å². The summed E-state index contributed by atoms with van der Waals surface area (Å²) >= 11 is 1.37. The fourth-order valence-electron chi connectivity index (χ4n) is 3.33. The highest BCUT2D eigenvalue weighted by Crippen LogP contribution is 2.28. The summed E-state index contributed by atoms with van der Waals surface area (Å²) in [7, 11) is 0. The monoisotopic (exact) mass is 422 g/mol. The second kappa shape index (κ2) is 10.7. The van der Waals surface area contributed by atoms with E-state index in [0.29, 0.717) is 25.4 Å². The van der Waals surface area contributed by atoms with Crippen LogP contribution in [0.15, 0.2) is 66.0 Å². The Bertz CT molecular complexity index is 917. The van der Waals surface area contributed by atoms with E-state index >= 15 is 0 Å². The van der Waals surface area contributed by atoms with Crippen LogP contribution in [0.2, 0.25) is 0 Å². The molecule has 2 aromatic carbocycles. The lowest BCUT2D eigenvalue weighted by Crippen LogP contribution is -2.35. The van der Waals surface area contributed by atoms with Gasteiger partial charge in [-0.1, -0.05) is 67.6 Å². The zero-order valence-corrected chi connectivity index (χ0v) is 18.1. The Morgan fingerprint density at radius 2 is 1.60 bits per heavy atom. The third-order valence-corrected chi connectivity index (χ3v) is 5.51. The number of amides is 1. The van der Waals surface area contributed by atoms with Crippen molar-refractivity contribution in [3.05, 3.63) is 87.9 Å². The Balaban J connectivity index is 1.88. The minimum absolute atomic E-state index is 0.0298. The summed E-state index contributed by atoms with van der Waals surface area (Å²) in [5, 5.41) is 2.41. The SMILES string of the molecule is CCCN(Cc1nc(C(=O)OCC)cs1)C(=O)C(c1ccccc1)c1ccccc1. The number of thiazole rings is 1. The molecule has 1 heterocycles. The molecule has 0 atom stereocenters. The molecule has 0 aliphatic heterocycles. The molecule has 0 radical (unpaired) electrons. The van der Waals surface area contributed by atoms with E-state index in [9.17, 15) is 9.59 Å². The van der Waals surface area contributed by atoms with Crippen LogP contribution in [0.25, 0.3) is 0 Å². The zero-order chi connectivity index (χ0) is 21.3. The van der Waals surface area contributed by atoms with E-state index in [0.717, 1.165) is 22.6 Å². The second-order valence-corrected chi connectivity index (χ2v) is 7.80. The number of rotatable bonds is 9. The highest BCUT2D eigenvalue weighted by Gasteiger charge is 2.28. The Hall–Kier alpha value is -2.99. The lowest BCUT2D eigenvalue weighted by atomic mass is 9.90. The average molecular weight is 423 g/mol. The van der Waals surface area contributed by atoms with Crippen molar-refractivity contribution < 1.29 is 14.3 Å². The first kappa shape index (κ1) is 21.7. The van der Waals surface area contributed by atoms with Gasteiger partial charge in [-0.2, -0.15) is 0 Å². The Morgan fingerprint density at radius 1 is 1.00 bits per heavy atom. The summed E-state index contributed by atoms with van der Waals surface area (Å²) in [6, 6.07) is 19.7. The van der Waals surface area contributed by atoms with Gasteiger partial charge in [0.05, 0.1) is 19.1 Å². The maximum Gasteiger partial charge on any atom is 0.357 e. The van der Waals surface area contributed by atoms with E-state index in [4.69, 9.17) is 4.74 Å². The molecule has 1 aromatic heterocycles. The molecule has 3 aromatic rings. The highest BCUT2D eigenvalue weighted by atomic mass is 32.1. The molecule has 0 bridgehead atoms. The molecule has 0 unspecified atom stereocenters. The number of hydrogen-bond donors (Lipinski definition) is 0. The fraction of sp³-hybridized carbons (Fsp3) is 0.292. The molecule has 0 saturated carbocycles. The minimum Gasteiger partial charge on any atom is -0.461 e. The number of carbonyl (C=O) groups excluding carboxylic acids is 2. The Labute approximate surface area is 181 Å². The zero-order valence-electron chi connectivity index (χ0n) is 17.3. The van der Waals surface area contributed by atoms with Gasteiger partial charge in [0, 0.05) is 11.9 Å². The summed E-state index contributed by atoms with van der Waals surface area (Å²) in [5.41, 5.74) is 2.21. The van der Waals surface area contributed by atoms with E-state index in [1.54, 1.807) is 12.3 Å². The van der Waals surface area contributed by atoms with E-state index in [2.05, 4.69) is 4.98 Å². The summed E-state index contributed by atoms with van der Waals surface area (Å²) < 4.78 is 5.02. The van der Waals surface area contributed by atoms with Gasteiger partial charge in [-0.25, -0.2) is 9.78 Å². The normalized spacial score (nSPS) is 10.8. The lowest BCUT2D eigenvalue weighted by molar-refractivity contribution is -0.132. The number of aromatic nitrogens is 1. The molecule has 0 N–H and O–H groups in total. The summed E-state index contributed by atoms with van der Waals surface area (Å²) in [4.78, 5) is 31.8. The third kappa shape index (κ3) is 5.33. The first-order valence-corrected chi connectivity index (χ1v) is 11.0. The van der Waals surface area contributed by atoms with Gasteiger partial charge in [-0.3, -0.25) is 4.79 Å². The van der Waals surface area contributed by atoms with Crippen molar-refractivity contribution in [3.8, 4) is 0 Å². The fourth-order valence-corrected chi connectivity index (χ4v) is 4.11. The predicted octanol–water partition coefficient (Wildman–Crippen LogP) is 4.89. The Kier molecular flexibility index (Phi) is 7.74. The number of benzene rings is 2. The molecule has 6 heteroatoms. The average Bonchev–Trinajstić information content (AvgIpc) is 3.24. The maximum absolute atomic E-state index is 13.7. The van der Waals surface area contributed by atoms with E-state index in [1.165, 1.54) is 11.3 Å². The van der Waals surface area contributed by atoms with Crippen molar-refractivity contribution in [2.24, 2.45) is 0 Å².